The molecule has 4 rings (SSSR count). The van der Waals surface area contributed by atoms with Crippen LogP contribution in [0, 0.1) is 0 Å². The summed E-state index contributed by atoms with van der Waals surface area (Å²) in [4.78, 5) is 12.5. The van der Waals surface area contributed by atoms with Crippen LogP contribution in [-0.2, 0) is 0 Å². The van der Waals surface area contributed by atoms with Crippen LogP contribution in [0.1, 0.15) is 54.0 Å². The van der Waals surface area contributed by atoms with Crippen LogP contribution in [0.25, 0.3) is 0 Å². The fourth-order valence-electron chi connectivity index (χ4n) is 3.60. The second kappa shape index (κ2) is 5.87. The third kappa shape index (κ3) is 2.79. The van der Waals surface area contributed by atoms with Crippen molar-refractivity contribution in [3.05, 3.63) is 47.0 Å². The van der Waals surface area contributed by atoms with Gasteiger partial charge >= 0.3 is 0 Å². The lowest BCUT2D eigenvalue weighted by Crippen LogP contribution is -2.48. The predicted octanol–water partition coefficient (Wildman–Crippen LogP) is 2.37. The lowest BCUT2D eigenvalue weighted by atomic mass is 9.86. The number of carbonyl (C=O) groups is 1. The van der Waals surface area contributed by atoms with E-state index in [9.17, 15) is 25.2 Å². The van der Waals surface area contributed by atoms with Crippen molar-refractivity contribution < 1.29 is 34.7 Å². The average molecular weight is 372 g/mol. The van der Waals surface area contributed by atoms with E-state index < -0.39 is 23.9 Å². The molecule has 27 heavy (non-hydrogen) atoms. The average Bonchev–Trinajstić information content (AvgIpc) is 2.58. The fourth-order valence-corrected chi connectivity index (χ4v) is 3.60. The smallest absolute Gasteiger partial charge is 0.174 e. The van der Waals surface area contributed by atoms with Crippen LogP contribution in [0.5, 0.6) is 23.0 Å². The Morgan fingerprint density at radius 1 is 1.07 bits per heavy atom. The molecule has 0 amide bonds. The molecule has 2 aromatic rings. The maximum absolute atomic E-state index is 12.5. The molecule has 0 bridgehead atoms. The third-order valence-electron chi connectivity index (χ3n) is 5.09. The van der Waals surface area contributed by atoms with E-state index in [4.69, 9.17) is 9.47 Å². The van der Waals surface area contributed by atoms with Crippen LogP contribution < -0.4 is 9.47 Å². The summed E-state index contributed by atoms with van der Waals surface area (Å²) in [5, 5.41) is 40.3. The minimum absolute atomic E-state index is 0.00484. The number of hydrogen-bond acceptors (Lipinski definition) is 7. The Morgan fingerprint density at radius 2 is 1.81 bits per heavy atom. The molecular formula is C20H20O7. The van der Waals surface area contributed by atoms with Crippen molar-refractivity contribution in [1.82, 2.24) is 0 Å². The van der Waals surface area contributed by atoms with Crippen molar-refractivity contribution in [3.8, 4) is 23.0 Å². The predicted molar refractivity (Wildman–Crippen MR) is 94.2 cm³/mol. The molecule has 0 spiro atoms. The first-order valence-electron chi connectivity index (χ1n) is 8.62. The molecule has 2 aliphatic rings. The summed E-state index contributed by atoms with van der Waals surface area (Å²) in [7, 11) is 0. The van der Waals surface area contributed by atoms with Gasteiger partial charge in [0.25, 0.3) is 0 Å². The summed E-state index contributed by atoms with van der Waals surface area (Å²) < 4.78 is 11.6. The molecule has 3 atom stereocenters. The number of aliphatic hydroxyl groups excluding tert-OH is 2. The monoisotopic (exact) mass is 372 g/mol. The number of carbonyl (C=O) groups excluding carboxylic acids is 1. The first-order chi connectivity index (χ1) is 12.7. The van der Waals surface area contributed by atoms with Crippen molar-refractivity contribution in [2.24, 2.45) is 0 Å². The molecule has 2 heterocycles. The van der Waals surface area contributed by atoms with Gasteiger partial charge in [0, 0.05) is 17.7 Å². The van der Waals surface area contributed by atoms with E-state index in [1.54, 1.807) is 32.0 Å². The van der Waals surface area contributed by atoms with Gasteiger partial charge in [0.15, 0.2) is 5.78 Å². The Hall–Kier alpha value is -2.77. The number of rotatable bonds is 1. The molecule has 4 N–H and O–H groups in total. The summed E-state index contributed by atoms with van der Waals surface area (Å²) >= 11 is 0. The number of Topliss-reactive ketones (excluding diaryl/α,β-unsaturated/α-hetero) is 1. The van der Waals surface area contributed by atoms with Crippen molar-refractivity contribution in [2.45, 2.75) is 44.2 Å². The SMILES string of the molecule is CC1(C)Oc2ccc([C@@H]3CC(=O)c4c(O)cc(O)cc4O3)cc2C(O)C1O. The van der Waals surface area contributed by atoms with Gasteiger partial charge in [0.2, 0.25) is 0 Å². The maximum Gasteiger partial charge on any atom is 0.174 e. The highest BCUT2D eigenvalue weighted by Gasteiger charge is 2.42. The lowest BCUT2D eigenvalue weighted by molar-refractivity contribution is -0.111. The Bertz CT molecular complexity index is 934. The molecular weight excluding hydrogens is 352 g/mol. The summed E-state index contributed by atoms with van der Waals surface area (Å²) in [6.07, 6.45) is -2.90. The van der Waals surface area contributed by atoms with Gasteiger partial charge in [-0.05, 0) is 31.5 Å². The molecule has 7 nitrogen and oxygen atoms in total. The maximum atomic E-state index is 12.5. The van der Waals surface area contributed by atoms with Crippen molar-refractivity contribution >= 4 is 5.78 Å². The number of phenolic OH excluding ortho intramolecular Hbond substituents is 2. The fraction of sp³-hybridized carbons (Fsp3) is 0.350. The highest BCUT2D eigenvalue weighted by Crippen LogP contribution is 2.44. The van der Waals surface area contributed by atoms with Crippen LogP contribution >= 0.6 is 0 Å². The Kier molecular flexibility index (Phi) is 3.83. The zero-order valence-corrected chi connectivity index (χ0v) is 14.8. The van der Waals surface area contributed by atoms with Gasteiger partial charge in [-0.3, -0.25) is 4.79 Å². The number of aromatic hydroxyl groups is 2. The minimum atomic E-state index is -1.14. The van der Waals surface area contributed by atoms with E-state index >= 15 is 0 Å². The number of ether oxygens (including phenoxy) is 2. The van der Waals surface area contributed by atoms with Gasteiger partial charge in [-0.15, -0.1) is 0 Å². The largest absolute Gasteiger partial charge is 0.508 e. The first kappa shape index (κ1) is 17.6. The molecule has 0 saturated heterocycles. The van der Waals surface area contributed by atoms with Gasteiger partial charge in [-0.1, -0.05) is 6.07 Å². The van der Waals surface area contributed by atoms with Crippen molar-refractivity contribution in [1.29, 1.82) is 0 Å². The van der Waals surface area contributed by atoms with Crippen LogP contribution in [0.15, 0.2) is 30.3 Å². The van der Waals surface area contributed by atoms with Crippen molar-refractivity contribution in [2.75, 3.05) is 0 Å². The van der Waals surface area contributed by atoms with E-state index in [0.717, 1.165) is 6.07 Å². The van der Waals surface area contributed by atoms with Crippen molar-refractivity contribution in [3.63, 3.8) is 0 Å². The number of hydrogen-bond donors (Lipinski definition) is 4. The summed E-state index contributed by atoms with van der Waals surface area (Å²) in [6.45, 7) is 3.38. The van der Waals surface area contributed by atoms with Crippen LogP contribution in [-0.4, -0.2) is 37.9 Å². The zero-order chi connectivity index (χ0) is 19.5. The second-order valence-corrected chi connectivity index (χ2v) is 7.46. The Labute approximate surface area is 155 Å². The number of fused-ring (bicyclic) bond motifs is 2. The Morgan fingerprint density at radius 3 is 2.56 bits per heavy atom. The topological polar surface area (TPSA) is 116 Å². The molecule has 0 aliphatic carbocycles. The molecule has 0 saturated carbocycles. The quantitative estimate of drug-likeness (QED) is 0.607. The minimum Gasteiger partial charge on any atom is -0.508 e. The summed E-state index contributed by atoms with van der Waals surface area (Å²) in [5.41, 5.74) is 0.145. The second-order valence-electron chi connectivity index (χ2n) is 7.46. The van der Waals surface area contributed by atoms with Gasteiger partial charge < -0.3 is 29.9 Å². The highest BCUT2D eigenvalue weighted by atomic mass is 16.5. The summed E-state index contributed by atoms with van der Waals surface area (Å²) in [5.74, 6) is -0.286. The van der Waals surface area contributed by atoms with Crippen LogP contribution in [0.4, 0.5) is 0 Å². The van der Waals surface area contributed by atoms with E-state index in [2.05, 4.69) is 0 Å². The standard InChI is InChI=1S/C20H20O7/c1-20(2)19(25)18(24)11-5-9(3-4-14(11)27-20)15-8-13(23)17-12(22)6-10(21)7-16(17)26-15/h3-7,15,18-19,21-22,24-25H,8H2,1-2H3/t15-,18?,19?/m0/s1. The van der Waals surface area contributed by atoms with E-state index in [1.807, 2.05) is 0 Å². The molecule has 0 fully saturated rings. The number of benzene rings is 2. The lowest BCUT2D eigenvalue weighted by Gasteiger charge is -2.40. The number of aliphatic hydroxyl groups is 2. The normalized spacial score (nSPS) is 25.8. The number of phenols is 2. The zero-order valence-electron chi connectivity index (χ0n) is 14.8. The highest BCUT2D eigenvalue weighted by molar-refractivity contribution is 6.02. The first-order valence-corrected chi connectivity index (χ1v) is 8.62. The molecule has 2 unspecified atom stereocenters. The molecule has 2 aromatic carbocycles. The molecule has 7 heteroatoms. The van der Waals surface area contributed by atoms with Gasteiger partial charge in [0.1, 0.15) is 52.5 Å². The molecule has 0 aromatic heterocycles. The third-order valence-corrected chi connectivity index (χ3v) is 5.09. The Balaban J connectivity index is 1.71. The van der Waals surface area contributed by atoms with E-state index in [1.165, 1.54) is 6.07 Å². The number of ketones is 1. The van der Waals surface area contributed by atoms with Gasteiger partial charge in [-0.2, -0.15) is 0 Å². The van der Waals surface area contributed by atoms with Crippen LogP contribution in [0.2, 0.25) is 0 Å². The molecule has 0 radical (unpaired) electrons. The molecule has 2 aliphatic heterocycles. The van der Waals surface area contributed by atoms with E-state index in [0.29, 0.717) is 16.9 Å². The summed E-state index contributed by atoms with van der Waals surface area (Å²) in [6, 6.07) is 7.41. The van der Waals surface area contributed by atoms with Crippen LogP contribution in [0.3, 0.4) is 0 Å². The molecule has 142 valence electrons. The van der Waals surface area contributed by atoms with Gasteiger partial charge in [0.05, 0.1) is 6.42 Å². The van der Waals surface area contributed by atoms with E-state index in [-0.39, 0.29) is 35.0 Å². The van der Waals surface area contributed by atoms with Gasteiger partial charge in [-0.25, -0.2) is 0 Å².